The molecule has 0 fully saturated rings. The van der Waals surface area contributed by atoms with Crippen molar-refractivity contribution in [3.8, 4) is 0 Å². The molecule has 5 N–H and O–H groups in total. The minimum Gasteiger partial charge on any atom is -0.322 e. The normalized spacial score (nSPS) is 15.6. The highest BCUT2D eigenvalue weighted by atomic mass is 32.2. The second-order valence-electron chi connectivity index (χ2n) is 4.14. The fraction of sp³-hybridized carbons (Fsp3) is 0.833. The molecule has 0 aromatic carbocycles. The number of nitrogens with one attached hydrogen (secondary N) is 1. The lowest BCUT2D eigenvalue weighted by Crippen LogP contribution is -2.41. The Morgan fingerprint density at radius 3 is 2.00 bits per heavy atom. The molecule has 20 heavy (non-hydrogen) atoms. The zero-order chi connectivity index (χ0) is 15.5. The van der Waals surface area contributed by atoms with Crippen molar-refractivity contribution in [3.63, 3.8) is 0 Å². The van der Waals surface area contributed by atoms with Gasteiger partial charge in [0.05, 0.1) is 12.1 Å². The molecular weight excluding hydrogens is 314 g/mol. The summed E-state index contributed by atoms with van der Waals surface area (Å²) in [4.78, 5) is 11.9. The lowest BCUT2D eigenvalue weighted by molar-refractivity contribution is -0.112. The Morgan fingerprint density at radius 1 is 1.10 bits per heavy atom. The van der Waals surface area contributed by atoms with Crippen LogP contribution in [0.15, 0.2) is 0 Å². The molecule has 0 bridgehead atoms. The highest BCUT2D eigenvalue weighted by Gasteiger charge is 2.26. The summed E-state index contributed by atoms with van der Waals surface area (Å²) in [6, 6.07) is -1.40. The number of rotatable bonds is 10. The van der Waals surface area contributed by atoms with Crippen molar-refractivity contribution in [2.45, 2.75) is 38.8 Å². The number of nitrogens with two attached hydrogens (primary N) is 2. The maximum absolute atomic E-state index is 12.0. The SMILES string of the molecule is CCSCC[C@H](N)C(=N)S(=O)C(=O)[C@@H](N)CCSCC. The molecule has 0 heterocycles. The number of hydrogen-bond acceptors (Lipinski definition) is 7. The molecule has 0 aromatic heterocycles. The van der Waals surface area contributed by atoms with Gasteiger partial charge in [-0.05, 0) is 35.9 Å². The predicted molar refractivity (Wildman–Crippen MR) is 92.1 cm³/mol. The molecule has 0 aliphatic rings. The molecule has 8 heteroatoms. The van der Waals surface area contributed by atoms with E-state index >= 15 is 0 Å². The van der Waals surface area contributed by atoms with Gasteiger partial charge in [0.2, 0.25) is 5.12 Å². The molecule has 3 atom stereocenters. The summed E-state index contributed by atoms with van der Waals surface area (Å²) in [7, 11) is -2.00. The van der Waals surface area contributed by atoms with E-state index in [1.54, 1.807) is 23.5 Å². The third-order valence-corrected chi connectivity index (χ3v) is 5.81. The number of hydrogen-bond donors (Lipinski definition) is 3. The third kappa shape index (κ3) is 7.78. The zero-order valence-corrected chi connectivity index (χ0v) is 14.5. The summed E-state index contributed by atoms with van der Waals surface area (Å²) in [5.74, 6) is 3.49. The van der Waals surface area contributed by atoms with Crippen molar-refractivity contribution >= 4 is 44.5 Å². The van der Waals surface area contributed by atoms with Crippen LogP contribution in [0.2, 0.25) is 0 Å². The Hall–Kier alpha value is 0.110. The average molecular weight is 340 g/mol. The third-order valence-electron chi connectivity index (χ3n) is 2.58. The molecule has 0 aliphatic carbocycles. The summed E-state index contributed by atoms with van der Waals surface area (Å²) < 4.78 is 12.0. The highest BCUT2D eigenvalue weighted by Crippen LogP contribution is 2.08. The summed E-state index contributed by atoms with van der Waals surface area (Å²) in [5.41, 5.74) is 11.5. The van der Waals surface area contributed by atoms with Gasteiger partial charge in [-0.25, -0.2) is 4.21 Å². The quantitative estimate of drug-likeness (QED) is 0.313. The highest BCUT2D eigenvalue weighted by molar-refractivity contribution is 8.13. The van der Waals surface area contributed by atoms with Gasteiger partial charge in [0.1, 0.15) is 15.8 Å². The van der Waals surface area contributed by atoms with Gasteiger partial charge in [0, 0.05) is 0 Å². The van der Waals surface area contributed by atoms with E-state index in [2.05, 4.69) is 0 Å². The molecular formula is C12H25N3O2S3. The molecule has 0 radical (unpaired) electrons. The van der Waals surface area contributed by atoms with Crippen molar-refractivity contribution in [2.75, 3.05) is 23.0 Å². The average Bonchev–Trinajstić information content (AvgIpc) is 2.45. The van der Waals surface area contributed by atoms with Crippen LogP contribution in [-0.4, -0.2) is 49.5 Å². The topological polar surface area (TPSA) is 110 Å². The molecule has 1 unspecified atom stereocenters. The Morgan fingerprint density at radius 2 is 1.55 bits per heavy atom. The van der Waals surface area contributed by atoms with Crippen molar-refractivity contribution in [1.29, 1.82) is 5.41 Å². The van der Waals surface area contributed by atoms with E-state index in [4.69, 9.17) is 16.9 Å². The smallest absolute Gasteiger partial charge is 0.241 e. The van der Waals surface area contributed by atoms with E-state index in [1.807, 2.05) is 13.8 Å². The maximum atomic E-state index is 12.0. The maximum Gasteiger partial charge on any atom is 0.241 e. The summed E-state index contributed by atoms with van der Waals surface area (Å²) in [6.45, 7) is 4.07. The van der Waals surface area contributed by atoms with Gasteiger partial charge in [-0.3, -0.25) is 10.2 Å². The van der Waals surface area contributed by atoms with Crippen LogP contribution >= 0.6 is 23.5 Å². The monoisotopic (exact) mass is 339 g/mol. The molecule has 118 valence electrons. The molecule has 0 rings (SSSR count). The van der Waals surface area contributed by atoms with E-state index < -0.39 is 28.0 Å². The van der Waals surface area contributed by atoms with Crippen molar-refractivity contribution in [2.24, 2.45) is 11.5 Å². The first-order chi connectivity index (χ1) is 9.45. The molecule has 5 nitrogen and oxygen atoms in total. The van der Waals surface area contributed by atoms with Crippen LogP contribution in [0.3, 0.4) is 0 Å². The second-order valence-corrected chi connectivity index (χ2v) is 8.30. The zero-order valence-electron chi connectivity index (χ0n) is 12.1. The van der Waals surface area contributed by atoms with Crippen molar-refractivity contribution in [1.82, 2.24) is 0 Å². The predicted octanol–water partition coefficient (Wildman–Crippen LogP) is 1.18. The largest absolute Gasteiger partial charge is 0.322 e. The van der Waals surface area contributed by atoms with E-state index in [-0.39, 0.29) is 5.04 Å². The summed E-state index contributed by atoms with van der Waals surface area (Å²) in [6.07, 6.45) is 1.04. The number of thioether (sulfide) groups is 2. The lowest BCUT2D eigenvalue weighted by atomic mass is 10.3. The fourth-order valence-electron chi connectivity index (χ4n) is 1.34. The van der Waals surface area contributed by atoms with E-state index in [0.29, 0.717) is 12.8 Å². The first-order valence-electron chi connectivity index (χ1n) is 6.66. The van der Waals surface area contributed by atoms with Gasteiger partial charge in [0.15, 0.2) is 0 Å². The van der Waals surface area contributed by atoms with E-state index in [9.17, 15) is 9.00 Å². The van der Waals surface area contributed by atoms with Gasteiger partial charge < -0.3 is 11.5 Å². The Kier molecular flexibility index (Phi) is 11.8. The van der Waals surface area contributed by atoms with Gasteiger partial charge >= 0.3 is 0 Å². The van der Waals surface area contributed by atoms with Crippen LogP contribution in [0, 0.1) is 5.41 Å². The molecule has 0 amide bonds. The van der Waals surface area contributed by atoms with Crippen LogP contribution in [-0.2, 0) is 15.6 Å². The van der Waals surface area contributed by atoms with Gasteiger partial charge in [-0.1, -0.05) is 13.8 Å². The van der Waals surface area contributed by atoms with Crippen LogP contribution in [0.1, 0.15) is 26.7 Å². The van der Waals surface area contributed by atoms with Crippen LogP contribution in [0.5, 0.6) is 0 Å². The van der Waals surface area contributed by atoms with Crippen LogP contribution in [0.25, 0.3) is 0 Å². The summed E-state index contributed by atoms with van der Waals surface area (Å²) >= 11 is 3.39. The van der Waals surface area contributed by atoms with Crippen LogP contribution in [0.4, 0.5) is 0 Å². The molecule has 0 aliphatic heterocycles. The lowest BCUT2D eigenvalue weighted by Gasteiger charge is -2.14. The van der Waals surface area contributed by atoms with Gasteiger partial charge in [0.25, 0.3) is 0 Å². The molecule has 0 saturated carbocycles. The minimum atomic E-state index is -2.00. The Labute approximate surface area is 132 Å². The second kappa shape index (κ2) is 11.7. The molecule has 0 aromatic rings. The summed E-state index contributed by atoms with van der Waals surface area (Å²) in [5, 5.41) is 6.98. The van der Waals surface area contributed by atoms with Gasteiger partial charge in [-0.2, -0.15) is 23.5 Å². The molecule has 0 saturated heterocycles. The standard InChI is InChI=1S/C12H25N3O2S3/c1-3-18-7-5-9(13)11(15)20(17)12(16)10(14)6-8-19-4-2/h9-10,15H,3-8,13-14H2,1-2H3/t9-,10-,20?/m0/s1. The first kappa shape index (κ1) is 20.1. The Balaban J connectivity index is 4.26. The van der Waals surface area contributed by atoms with E-state index in [1.165, 1.54) is 0 Å². The molecule has 0 spiro atoms. The van der Waals surface area contributed by atoms with E-state index in [0.717, 1.165) is 23.0 Å². The fourth-order valence-corrected chi connectivity index (χ4v) is 3.76. The van der Waals surface area contributed by atoms with Crippen molar-refractivity contribution < 1.29 is 9.00 Å². The number of carbonyl (C=O) groups excluding carboxylic acids is 1. The number of carbonyl (C=O) groups is 1. The first-order valence-corrected chi connectivity index (χ1v) is 10.1. The van der Waals surface area contributed by atoms with Crippen molar-refractivity contribution in [3.05, 3.63) is 0 Å². The Bertz CT molecular complexity index is 310. The minimum absolute atomic E-state index is 0.203. The van der Waals surface area contributed by atoms with Crippen LogP contribution < -0.4 is 11.5 Å². The van der Waals surface area contributed by atoms with Gasteiger partial charge in [-0.15, -0.1) is 0 Å².